The van der Waals surface area contributed by atoms with Gasteiger partial charge < -0.3 is 16.4 Å². The Morgan fingerprint density at radius 3 is 2.20 bits per heavy atom. The van der Waals surface area contributed by atoms with E-state index in [0.29, 0.717) is 13.1 Å². The molecular formula is C10H21N3O2. The Morgan fingerprint density at radius 1 is 1.27 bits per heavy atom. The molecule has 0 aromatic carbocycles. The number of amides is 2. The van der Waals surface area contributed by atoms with Gasteiger partial charge in [0.2, 0.25) is 0 Å². The zero-order valence-corrected chi connectivity index (χ0v) is 9.89. The molecule has 0 radical (unpaired) electrons. The van der Waals surface area contributed by atoms with E-state index in [9.17, 15) is 9.59 Å². The maximum atomic E-state index is 11.3. The first kappa shape index (κ1) is 13.9. The summed E-state index contributed by atoms with van der Waals surface area (Å²) in [5.41, 5.74) is 5.14. The molecule has 0 aliphatic rings. The van der Waals surface area contributed by atoms with Crippen molar-refractivity contribution >= 4 is 11.8 Å². The Labute approximate surface area is 90.8 Å². The molecule has 5 nitrogen and oxygen atoms in total. The molecule has 15 heavy (non-hydrogen) atoms. The van der Waals surface area contributed by atoms with Crippen LogP contribution in [0.25, 0.3) is 0 Å². The van der Waals surface area contributed by atoms with Crippen LogP contribution in [0.3, 0.4) is 0 Å². The van der Waals surface area contributed by atoms with Crippen molar-refractivity contribution in [2.75, 3.05) is 13.1 Å². The van der Waals surface area contributed by atoms with Crippen LogP contribution >= 0.6 is 0 Å². The van der Waals surface area contributed by atoms with Gasteiger partial charge in [-0.05, 0) is 12.3 Å². The lowest BCUT2D eigenvalue weighted by atomic mass is 9.88. The van der Waals surface area contributed by atoms with Crippen LogP contribution in [-0.2, 0) is 9.59 Å². The highest BCUT2D eigenvalue weighted by Gasteiger charge is 2.24. The van der Waals surface area contributed by atoms with Crippen LogP contribution < -0.4 is 16.4 Å². The molecule has 0 heterocycles. The topological polar surface area (TPSA) is 84.2 Å². The Bertz CT molecular complexity index is 233. The molecule has 4 N–H and O–H groups in total. The molecule has 0 rings (SSSR count). The second-order valence-electron chi connectivity index (χ2n) is 4.61. The molecule has 0 aliphatic carbocycles. The number of hydrogen-bond acceptors (Lipinski definition) is 3. The molecule has 2 amide bonds. The molecule has 0 aromatic rings. The number of nitrogens with one attached hydrogen (secondary N) is 2. The monoisotopic (exact) mass is 215 g/mol. The Balaban J connectivity index is 4.08. The van der Waals surface area contributed by atoms with E-state index in [1.54, 1.807) is 0 Å². The lowest BCUT2D eigenvalue weighted by molar-refractivity contribution is -0.139. The van der Waals surface area contributed by atoms with Gasteiger partial charge in [0, 0.05) is 19.1 Å². The standard InChI is InChI=1S/C10H21N3O2/c1-7(10(2,3)4)13-9(15)8(14)12-6-5-11/h7H,5-6,11H2,1-4H3,(H,12,14)(H,13,15). The lowest BCUT2D eigenvalue weighted by Gasteiger charge is -2.27. The molecule has 0 saturated heterocycles. The van der Waals surface area contributed by atoms with Crippen molar-refractivity contribution in [2.45, 2.75) is 33.7 Å². The molecule has 0 aromatic heterocycles. The van der Waals surface area contributed by atoms with Gasteiger partial charge in [-0.2, -0.15) is 0 Å². The van der Waals surface area contributed by atoms with Crippen LogP contribution in [0.4, 0.5) is 0 Å². The lowest BCUT2D eigenvalue weighted by Crippen LogP contribution is -2.48. The van der Waals surface area contributed by atoms with Crippen molar-refractivity contribution in [3.8, 4) is 0 Å². The molecule has 0 fully saturated rings. The summed E-state index contributed by atoms with van der Waals surface area (Å²) < 4.78 is 0. The van der Waals surface area contributed by atoms with E-state index < -0.39 is 11.8 Å². The van der Waals surface area contributed by atoms with Gasteiger partial charge in [-0.25, -0.2) is 0 Å². The van der Waals surface area contributed by atoms with Crippen LogP contribution in [-0.4, -0.2) is 30.9 Å². The van der Waals surface area contributed by atoms with Crippen molar-refractivity contribution in [2.24, 2.45) is 11.1 Å². The van der Waals surface area contributed by atoms with Crippen molar-refractivity contribution in [3.63, 3.8) is 0 Å². The first-order valence-electron chi connectivity index (χ1n) is 5.07. The van der Waals surface area contributed by atoms with E-state index in [0.717, 1.165) is 0 Å². The number of nitrogens with two attached hydrogens (primary N) is 1. The molecular weight excluding hydrogens is 194 g/mol. The first-order valence-corrected chi connectivity index (χ1v) is 5.07. The number of carbonyl (C=O) groups excluding carboxylic acids is 2. The summed E-state index contributed by atoms with van der Waals surface area (Å²) in [6.07, 6.45) is 0. The summed E-state index contributed by atoms with van der Waals surface area (Å²) in [6, 6.07) is -0.0615. The van der Waals surface area contributed by atoms with Gasteiger partial charge in [0.15, 0.2) is 0 Å². The quantitative estimate of drug-likeness (QED) is 0.561. The maximum absolute atomic E-state index is 11.3. The number of rotatable bonds is 3. The molecule has 1 atom stereocenters. The summed E-state index contributed by atoms with van der Waals surface area (Å²) in [5.74, 6) is -1.23. The van der Waals surface area contributed by atoms with Gasteiger partial charge >= 0.3 is 11.8 Å². The minimum atomic E-state index is -0.628. The van der Waals surface area contributed by atoms with Crippen LogP contribution in [0.15, 0.2) is 0 Å². The molecule has 0 saturated carbocycles. The van der Waals surface area contributed by atoms with Gasteiger partial charge in [0.05, 0.1) is 0 Å². The molecule has 0 bridgehead atoms. The third-order valence-corrected chi connectivity index (χ3v) is 2.28. The molecule has 5 heteroatoms. The van der Waals surface area contributed by atoms with Gasteiger partial charge in [-0.3, -0.25) is 9.59 Å². The second-order valence-corrected chi connectivity index (χ2v) is 4.61. The minimum absolute atomic E-state index is 0.0615. The van der Waals surface area contributed by atoms with E-state index in [-0.39, 0.29) is 11.5 Å². The highest BCUT2D eigenvalue weighted by Crippen LogP contribution is 2.18. The van der Waals surface area contributed by atoms with Crippen molar-refractivity contribution in [1.29, 1.82) is 0 Å². The van der Waals surface area contributed by atoms with E-state index >= 15 is 0 Å². The van der Waals surface area contributed by atoms with Crippen LogP contribution in [0.1, 0.15) is 27.7 Å². The van der Waals surface area contributed by atoms with Gasteiger partial charge in [0.25, 0.3) is 0 Å². The van der Waals surface area contributed by atoms with Crippen LogP contribution in [0, 0.1) is 5.41 Å². The van der Waals surface area contributed by atoms with E-state index in [1.165, 1.54) is 0 Å². The van der Waals surface area contributed by atoms with Gasteiger partial charge in [-0.15, -0.1) is 0 Å². The fourth-order valence-electron chi connectivity index (χ4n) is 0.745. The maximum Gasteiger partial charge on any atom is 0.309 e. The zero-order chi connectivity index (χ0) is 12.1. The Morgan fingerprint density at radius 2 is 1.80 bits per heavy atom. The molecule has 0 spiro atoms. The summed E-state index contributed by atoms with van der Waals surface area (Å²) in [6.45, 7) is 8.50. The molecule has 88 valence electrons. The largest absolute Gasteiger partial charge is 0.347 e. The minimum Gasteiger partial charge on any atom is -0.347 e. The normalized spacial score (nSPS) is 13.1. The van der Waals surface area contributed by atoms with Crippen molar-refractivity contribution < 1.29 is 9.59 Å². The number of carbonyl (C=O) groups is 2. The summed E-state index contributed by atoms with van der Waals surface area (Å²) in [4.78, 5) is 22.5. The smallest absolute Gasteiger partial charge is 0.309 e. The summed E-state index contributed by atoms with van der Waals surface area (Å²) in [7, 11) is 0. The highest BCUT2D eigenvalue weighted by molar-refractivity contribution is 6.35. The Hall–Kier alpha value is -1.10. The second kappa shape index (κ2) is 5.70. The third-order valence-electron chi connectivity index (χ3n) is 2.28. The van der Waals surface area contributed by atoms with Crippen LogP contribution in [0.2, 0.25) is 0 Å². The molecule has 1 unspecified atom stereocenters. The van der Waals surface area contributed by atoms with E-state index in [1.807, 2.05) is 27.7 Å². The van der Waals surface area contributed by atoms with E-state index in [2.05, 4.69) is 10.6 Å². The average molecular weight is 215 g/mol. The zero-order valence-electron chi connectivity index (χ0n) is 9.89. The van der Waals surface area contributed by atoms with Gasteiger partial charge in [0.1, 0.15) is 0 Å². The fraction of sp³-hybridized carbons (Fsp3) is 0.800. The van der Waals surface area contributed by atoms with Gasteiger partial charge in [-0.1, -0.05) is 20.8 Å². The summed E-state index contributed by atoms with van der Waals surface area (Å²) >= 11 is 0. The van der Waals surface area contributed by atoms with Crippen molar-refractivity contribution in [1.82, 2.24) is 10.6 Å². The molecule has 0 aliphatic heterocycles. The fourth-order valence-corrected chi connectivity index (χ4v) is 0.745. The first-order chi connectivity index (χ1) is 6.79. The average Bonchev–Trinajstić information content (AvgIpc) is 2.12. The van der Waals surface area contributed by atoms with E-state index in [4.69, 9.17) is 5.73 Å². The predicted octanol–water partition coefficient (Wildman–Crippen LogP) is -0.388. The highest BCUT2D eigenvalue weighted by atomic mass is 16.2. The van der Waals surface area contributed by atoms with Crippen molar-refractivity contribution in [3.05, 3.63) is 0 Å². The van der Waals surface area contributed by atoms with Crippen LogP contribution in [0.5, 0.6) is 0 Å². The third kappa shape index (κ3) is 5.37. The SMILES string of the molecule is CC(NC(=O)C(=O)NCCN)C(C)(C)C. The predicted molar refractivity (Wildman–Crippen MR) is 59.1 cm³/mol. The number of hydrogen-bond donors (Lipinski definition) is 3. The Kier molecular flexibility index (Phi) is 5.28. The summed E-state index contributed by atoms with van der Waals surface area (Å²) in [5, 5.41) is 5.05.